The Kier molecular flexibility index (Phi) is 6.93. The Labute approximate surface area is 198 Å². The van der Waals surface area contributed by atoms with Crippen LogP contribution in [0.2, 0.25) is 0 Å². The first-order valence-corrected chi connectivity index (χ1v) is 11.2. The van der Waals surface area contributed by atoms with E-state index in [0.29, 0.717) is 18.8 Å². The maximum absolute atomic E-state index is 12.8. The number of esters is 1. The third-order valence-corrected chi connectivity index (χ3v) is 5.21. The fraction of sp³-hybridized carbons (Fsp3) is 0.360. The normalized spacial score (nSPS) is 14.6. The number of rotatable bonds is 5. The second kappa shape index (κ2) is 10.0. The van der Waals surface area contributed by atoms with E-state index in [-0.39, 0.29) is 11.7 Å². The molecule has 0 radical (unpaired) electrons. The van der Waals surface area contributed by atoms with Gasteiger partial charge in [-0.05, 0) is 56.7 Å². The molecular weight excluding hydrogens is 434 g/mol. The van der Waals surface area contributed by atoms with Gasteiger partial charge < -0.3 is 14.4 Å². The second-order valence-electron chi connectivity index (χ2n) is 9.13. The van der Waals surface area contributed by atoms with Gasteiger partial charge in [-0.25, -0.2) is 9.59 Å². The number of aromatic nitrogens is 3. The molecule has 4 rings (SSSR count). The van der Waals surface area contributed by atoms with Gasteiger partial charge in [0.15, 0.2) is 5.69 Å². The molecule has 1 aliphatic heterocycles. The maximum Gasteiger partial charge on any atom is 0.359 e. The van der Waals surface area contributed by atoms with Crippen molar-refractivity contribution >= 4 is 12.0 Å². The van der Waals surface area contributed by atoms with Crippen molar-refractivity contribution in [2.45, 2.75) is 32.9 Å². The van der Waals surface area contributed by atoms with Crippen molar-refractivity contribution in [2.75, 3.05) is 26.2 Å². The van der Waals surface area contributed by atoms with E-state index >= 15 is 0 Å². The molecule has 0 N–H and O–H groups in total. The van der Waals surface area contributed by atoms with E-state index < -0.39 is 11.6 Å². The summed E-state index contributed by atoms with van der Waals surface area (Å²) in [6.45, 7) is 8.75. The Bertz CT molecular complexity index is 1130. The van der Waals surface area contributed by atoms with E-state index in [0.717, 1.165) is 30.9 Å². The van der Waals surface area contributed by atoms with Gasteiger partial charge in [-0.3, -0.25) is 9.88 Å². The molecule has 2 aromatic heterocycles. The number of hydrogen-bond acceptors (Lipinski definition) is 7. The molecule has 34 heavy (non-hydrogen) atoms. The molecule has 3 heterocycles. The number of piperazine rings is 1. The van der Waals surface area contributed by atoms with Crippen molar-refractivity contribution in [3.63, 3.8) is 0 Å². The fourth-order valence-corrected chi connectivity index (χ4v) is 3.62. The van der Waals surface area contributed by atoms with Crippen LogP contribution in [0.3, 0.4) is 0 Å². The van der Waals surface area contributed by atoms with Crippen LogP contribution in [-0.2, 0) is 11.3 Å². The lowest BCUT2D eigenvalue weighted by Gasteiger charge is -2.34. The van der Waals surface area contributed by atoms with Gasteiger partial charge >= 0.3 is 12.0 Å². The Morgan fingerprint density at radius 3 is 2.47 bits per heavy atom. The number of hydrogen-bond donors (Lipinski definition) is 0. The first kappa shape index (κ1) is 23.4. The summed E-state index contributed by atoms with van der Waals surface area (Å²) < 4.78 is 12.4. The van der Waals surface area contributed by atoms with Crippen LogP contribution < -0.4 is 4.74 Å². The molecule has 0 spiro atoms. The highest BCUT2D eigenvalue weighted by molar-refractivity contribution is 5.88. The molecule has 0 bridgehead atoms. The zero-order valence-corrected chi connectivity index (χ0v) is 19.7. The topological polar surface area (TPSA) is 89.8 Å². The van der Waals surface area contributed by atoms with Crippen LogP contribution in [-0.4, -0.2) is 68.3 Å². The number of pyridine rings is 1. The Hall–Kier alpha value is -3.72. The number of benzene rings is 1. The highest BCUT2D eigenvalue weighted by Crippen LogP contribution is 2.22. The van der Waals surface area contributed by atoms with Crippen molar-refractivity contribution in [1.29, 1.82) is 0 Å². The second-order valence-corrected chi connectivity index (χ2v) is 9.13. The zero-order valence-electron chi connectivity index (χ0n) is 19.7. The van der Waals surface area contributed by atoms with E-state index in [1.54, 1.807) is 38.1 Å². The lowest BCUT2D eigenvalue weighted by molar-refractivity contribution is 0.00623. The molecule has 178 valence electrons. The zero-order chi connectivity index (χ0) is 24.1. The van der Waals surface area contributed by atoms with Crippen molar-refractivity contribution in [3.05, 3.63) is 72.3 Å². The highest BCUT2D eigenvalue weighted by Gasteiger charge is 2.25. The number of amides is 1. The molecule has 1 aliphatic rings. The van der Waals surface area contributed by atoms with Crippen LogP contribution >= 0.6 is 0 Å². The highest BCUT2D eigenvalue weighted by atomic mass is 16.6. The smallest absolute Gasteiger partial charge is 0.359 e. The third kappa shape index (κ3) is 6.20. The van der Waals surface area contributed by atoms with Gasteiger partial charge in [0.2, 0.25) is 0 Å². The third-order valence-electron chi connectivity index (χ3n) is 5.21. The van der Waals surface area contributed by atoms with Crippen molar-refractivity contribution < 1.29 is 19.1 Å². The Morgan fingerprint density at radius 2 is 1.76 bits per heavy atom. The van der Waals surface area contributed by atoms with Gasteiger partial charge in [-0.2, -0.15) is 9.78 Å². The number of nitrogens with zero attached hydrogens (tertiary/aromatic N) is 5. The number of ether oxygens (including phenoxy) is 2. The lowest BCUT2D eigenvalue weighted by atomic mass is 10.2. The van der Waals surface area contributed by atoms with Crippen LogP contribution in [0.25, 0.3) is 0 Å². The van der Waals surface area contributed by atoms with E-state index in [2.05, 4.69) is 21.0 Å². The number of carbonyl (C=O) groups is 2. The molecule has 1 saturated heterocycles. The largest absolute Gasteiger partial charge is 0.456 e. The summed E-state index contributed by atoms with van der Waals surface area (Å²) in [4.78, 5) is 33.1. The molecule has 0 unspecified atom stereocenters. The minimum absolute atomic E-state index is 0.121. The summed E-state index contributed by atoms with van der Waals surface area (Å²) in [7, 11) is 0. The van der Waals surface area contributed by atoms with E-state index in [4.69, 9.17) is 9.47 Å². The summed E-state index contributed by atoms with van der Waals surface area (Å²) in [6.07, 6.45) is 4.89. The van der Waals surface area contributed by atoms with Crippen molar-refractivity contribution in [2.24, 2.45) is 0 Å². The molecule has 1 aromatic carbocycles. The van der Waals surface area contributed by atoms with Gasteiger partial charge in [0.1, 0.15) is 17.1 Å². The van der Waals surface area contributed by atoms with Gasteiger partial charge in [0, 0.05) is 45.1 Å². The van der Waals surface area contributed by atoms with Crippen LogP contribution in [0.4, 0.5) is 4.79 Å². The summed E-state index contributed by atoms with van der Waals surface area (Å²) in [5.74, 6) is 0.914. The average molecular weight is 464 g/mol. The predicted octanol–water partition coefficient (Wildman–Crippen LogP) is 3.81. The van der Waals surface area contributed by atoms with E-state index in [1.165, 1.54) is 16.9 Å². The Balaban J connectivity index is 1.29. The lowest BCUT2D eigenvalue weighted by Crippen LogP contribution is -2.49. The van der Waals surface area contributed by atoms with Gasteiger partial charge in [0.25, 0.3) is 0 Å². The van der Waals surface area contributed by atoms with E-state index in [9.17, 15) is 9.59 Å². The quantitative estimate of drug-likeness (QED) is 0.532. The molecule has 1 fully saturated rings. The van der Waals surface area contributed by atoms with Crippen molar-refractivity contribution in [3.8, 4) is 11.5 Å². The molecule has 0 saturated carbocycles. The summed E-state index contributed by atoms with van der Waals surface area (Å²) >= 11 is 0. The monoisotopic (exact) mass is 463 g/mol. The summed E-state index contributed by atoms with van der Waals surface area (Å²) in [5.41, 5.74) is 0.636. The van der Waals surface area contributed by atoms with Crippen LogP contribution in [0.15, 0.2) is 61.1 Å². The molecule has 9 nitrogen and oxygen atoms in total. The van der Waals surface area contributed by atoms with Crippen LogP contribution in [0, 0.1) is 0 Å². The first-order chi connectivity index (χ1) is 16.3. The fourth-order valence-electron chi connectivity index (χ4n) is 3.62. The van der Waals surface area contributed by atoms with Crippen molar-refractivity contribution in [1.82, 2.24) is 24.6 Å². The molecule has 0 atom stereocenters. The Morgan fingerprint density at radius 1 is 1.00 bits per heavy atom. The van der Waals surface area contributed by atoms with Crippen LogP contribution in [0.1, 0.15) is 36.8 Å². The summed E-state index contributed by atoms with van der Waals surface area (Å²) in [5, 5.41) is 4.12. The molecule has 9 heteroatoms. The standard InChI is InChI=1S/C25H29N5O4/c1-25(2,3)34-23(31)22-9-11-30(27-22)24(32)29-14-12-28(13-15-29)18-19-6-4-7-20(16-19)33-21-8-5-10-26-17-21/h4-11,16-17H,12-15,18H2,1-3H3. The first-order valence-electron chi connectivity index (χ1n) is 11.2. The van der Waals surface area contributed by atoms with Gasteiger partial charge in [0.05, 0.1) is 6.20 Å². The maximum atomic E-state index is 12.8. The minimum atomic E-state index is -0.619. The summed E-state index contributed by atoms with van der Waals surface area (Å²) in [6, 6.07) is 12.9. The predicted molar refractivity (Wildman–Crippen MR) is 126 cm³/mol. The van der Waals surface area contributed by atoms with Gasteiger partial charge in [-0.1, -0.05) is 12.1 Å². The van der Waals surface area contributed by atoms with Crippen LogP contribution in [0.5, 0.6) is 11.5 Å². The molecular formula is C25H29N5O4. The average Bonchev–Trinajstić information content (AvgIpc) is 3.30. The molecule has 1 amide bonds. The van der Waals surface area contributed by atoms with Gasteiger partial charge in [-0.15, -0.1) is 0 Å². The SMILES string of the molecule is CC(C)(C)OC(=O)c1ccn(C(=O)N2CCN(Cc3cccc(Oc4cccnc4)c3)CC2)n1. The van der Waals surface area contributed by atoms with E-state index in [1.807, 2.05) is 30.3 Å². The number of carbonyl (C=O) groups excluding carboxylic acids is 2. The minimum Gasteiger partial charge on any atom is -0.456 e. The molecule has 0 aliphatic carbocycles. The molecule has 3 aromatic rings.